The molecule has 1 atom stereocenters. The second kappa shape index (κ2) is 12.6. The molecule has 0 bridgehead atoms. The molecule has 1 aliphatic rings. The second-order valence-corrected chi connectivity index (χ2v) is 7.65. The first-order chi connectivity index (χ1) is 13.0. The molecule has 1 saturated heterocycles. The SMILES string of the molecule is Cc1ccc(NC(=O)CSCC(=O)N2CCCC(C(=O)NCCN)C2)cc1.Cl. The second-order valence-electron chi connectivity index (χ2n) is 6.67. The number of halogens is 1. The molecule has 1 fully saturated rings. The van der Waals surface area contributed by atoms with Crippen LogP contribution in [0.4, 0.5) is 5.69 Å². The Morgan fingerprint density at radius 3 is 2.61 bits per heavy atom. The summed E-state index contributed by atoms with van der Waals surface area (Å²) in [6.45, 7) is 3.94. The Hall–Kier alpha value is -1.77. The maximum atomic E-state index is 12.4. The normalized spacial score (nSPS) is 16.1. The van der Waals surface area contributed by atoms with E-state index in [0.717, 1.165) is 24.1 Å². The number of hydrogen-bond acceptors (Lipinski definition) is 5. The number of carbonyl (C=O) groups excluding carboxylic acids is 3. The number of piperidine rings is 1. The van der Waals surface area contributed by atoms with Gasteiger partial charge in [0.25, 0.3) is 0 Å². The molecular formula is C19H29ClN4O3S. The molecule has 4 N–H and O–H groups in total. The fourth-order valence-corrected chi connectivity index (χ4v) is 3.63. The van der Waals surface area contributed by atoms with Gasteiger partial charge in [0.15, 0.2) is 0 Å². The van der Waals surface area contributed by atoms with Crippen LogP contribution in [-0.2, 0) is 14.4 Å². The average Bonchev–Trinajstić information content (AvgIpc) is 2.68. The lowest BCUT2D eigenvalue weighted by Gasteiger charge is -2.32. The predicted molar refractivity (Wildman–Crippen MR) is 116 cm³/mol. The minimum atomic E-state index is -0.177. The molecular weight excluding hydrogens is 400 g/mol. The van der Waals surface area contributed by atoms with Crippen molar-refractivity contribution in [1.29, 1.82) is 0 Å². The molecule has 1 heterocycles. The molecule has 1 aromatic carbocycles. The smallest absolute Gasteiger partial charge is 0.234 e. The largest absolute Gasteiger partial charge is 0.355 e. The number of thioether (sulfide) groups is 1. The third-order valence-corrected chi connectivity index (χ3v) is 5.30. The molecule has 3 amide bonds. The van der Waals surface area contributed by atoms with Gasteiger partial charge in [0, 0.05) is 31.9 Å². The fourth-order valence-electron chi connectivity index (χ4n) is 2.91. The summed E-state index contributed by atoms with van der Waals surface area (Å²) in [7, 11) is 0. The Morgan fingerprint density at radius 2 is 1.93 bits per heavy atom. The highest BCUT2D eigenvalue weighted by molar-refractivity contribution is 8.00. The first-order valence-electron chi connectivity index (χ1n) is 9.19. The first kappa shape index (κ1) is 24.3. The predicted octanol–water partition coefficient (Wildman–Crippen LogP) is 1.40. The number of nitrogens with zero attached hydrogens (tertiary/aromatic N) is 1. The van der Waals surface area contributed by atoms with Crippen molar-refractivity contribution in [2.75, 3.05) is 43.0 Å². The fraction of sp³-hybridized carbons (Fsp3) is 0.526. The molecule has 0 saturated carbocycles. The van der Waals surface area contributed by atoms with Crippen LogP contribution in [0.25, 0.3) is 0 Å². The van der Waals surface area contributed by atoms with E-state index in [0.29, 0.717) is 26.2 Å². The van der Waals surface area contributed by atoms with E-state index in [2.05, 4.69) is 10.6 Å². The van der Waals surface area contributed by atoms with Crippen LogP contribution < -0.4 is 16.4 Å². The van der Waals surface area contributed by atoms with Crippen LogP contribution in [0, 0.1) is 12.8 Å². The molecule has 0 spiro atoms. The summed E-state index contributed by atoms with van der Waals surface area (Å²) in [4.78, 5) is 38.1. The van der Waals surface area contributed by atoms with Gasteiger partial charge in [0.2, 0.25) is 17.7 Å². The van der Waals surface area contributed by atoms with Crippen LogP contribution in [0.1, 0.15) is 18.4 Å². The van der Waals surface area contributed by atoms with E-state index in [9.17, 15) is 14.4 Å². The average molecular weight is 429 g/mol. The number of amides is 3. The number of benzene rings is 1. The van der Waals surface area contributed by atoms with Gasteiger partial charge in [-0.1, -0.05) is 17.7 Å². The lowest BCUT2D eigenvalue weighted by atomic mass is 9.97. The third-order valence-electron chi connectivity index (χ3n) is 4.38. The molecule has 0 aliphatic carbocycles. The number of rotatable bonds is 8. The highest BCUT2D eigenvalue weighted by Crippen LogP contribution is 2.18. The third kappa shape index (κ3) is 8.08. The van der Waals surface area contributed by atoms with Crippen molar-refractivity contribution in [1.82, 2.24) is 10.2 Å². The quantitative estimate of drug-likeness (QED) is 0.580. The zero-order valence-corrected chi connectivity index (χ0v) is 17.7. The van der Waals surface area contributed by atoms with E-state index in [1.165, 1.54) is 11.8 Å². The van der Waals surface area contributed by atoms with Gasteiger partial charge in [-0.2, -0.15) is 0 Å². The van der Waals surface area contributed by atoms with E-state index in [1.807, 2.05) is 31.2 Å². The maximum absolute atomic E-state index is 12.4. The molecule has 156 valence electrons. The highest BCUT2D eigenvalue weighted by Gasteiger charge is 2.28. The maximum Gasteiger partial charge on any atom is 0.234 e. The minimum Gasteiger partial charge on any atom is -0.355 e. The Labute approximate surface area is 176 Å². The van der Waals surface area contributed by atoms with Gasteiger partial charge in [-0.15, -0.1) is 24.2 Å². The van der Waals surface area contributed by atoms with Gasteiger partial charge in [0.05, 0.1) is 17.4 Å². The Morgan fingerprint density at radius 1 is 1.21 bits per heavy atom. The lowest BCUT2D eigenvalue weighted by Crippen LogP contribution is -2.46. The topological polar surface area (TPSA) is 105 Å². The van der Waals surface area contributed by atoms with Crippen LogP contribution >= 0.6 is 24.2 Å². The Kier molecular flexibility index (Phi) is 11.0. The summed E-state index contributed by atoms with van der Waals surface area (Å²) < 4.78 is 0. The number of carbonyl (C=O) groups is 3. The summed E-state index contributed by atoms with van der Waals surface area (Å²) >= 11 is 1.29. The first-order valence-corrected chi connectivity index (χ1v) is 10.3. The monoisotopic (exact) mass is 428 g/mol. The molecule has 28 heavy (non-hydrogen) atoms. The van der Waals surface area contributed by atoms with Crippen LogP contribution in [-0.4, -0.2) is 60.3 Å². The van der Waals surface area contributed by atoms with E-state index in [1.54, 1.807) is 4.90 Å². The number of aryl methyl sites for hydroxylation is 1. The van der Waals surface area contributed by atoms with E-state index < -0.39 is 0 Å². The van der Waals surface area contributed by atoms with E-state index >= 15 is 0 Å². The van der Waals surface area contributed by atoms with Gasteiger partial charge < -0.3 is 21.3 Å². The van der Waals surface area contributed by atoms with Crippen molar-refractivity contribution < 1.29 is 14.4 Å². The number of nitrogens with two attached hydrogens (primary N) is 1. The Bertz CT molecular complexity index is 657. The molecule has 1 aromatic rings. The van der Waals surface area contributed by atoms with E-state index in [-0.39, 0.29) is 47.6 Å². The Balaban J connectivity index is 0.00000392. The molecule has 2 rings (SSSR count). The highest BCUT2D eigenvalue weighted by atomic mass is 35.5. The zero-order chi connectivity index (χ0) is 19.6. The van der Waals surface area contributed by atoms with Crippen molar-refractivity contribution in [3.05, 3.63) is 29.8 Å². The van der Waals surface area contributed by atoms with Crippen LogP contribution in [0.5, 0.6) is 0 Å². The molecule has 0 radical (unpaired) electrons. The number of hydrogen-bond donors (Lipinski definition) is 3. The summed E-state index contributed by atoms with van der Waals surface area (Å²) in [5, 5.41) is 5.60. The summed E-state index contributed by atoms with van der Waals surface area (Å²) in [5.41, 5.74) is 7.28. The van der Waals surface area contributed by atoms with Gasteiger partial charge in [-0.25, -0.2) is 0 Å². The number of likely N-dealkylation sites (tertiary alicyclic amines) is 1. The molecule has 1 unspecified atom stereocenters. The molecule has 0 aromatic heterocycles. The van der Waals surface area contributed by atoms with Crippen molar-refractivity contribution >= 4 is 47.6 Å². The van der Waals surface area contributed by atoms with Crippen LogP contribution in [0.2, 0.25) is 0 Å². The zero-order valence-electron chi connectivity index (χ0n) is 16.1. The van der Waals surface area contributed by atoms with Crippen LogP contribution in [0.15, 0.2) is 24.3 Å². The molecule has 1 aliphatic heterocycles. The summed E-state index contributed by atoms with van der Waals surface area (Å²) in [6.07, 6.45) is 1.59. The summed E-state index contributed by atoms with van der Waals surface area (Å²) in [6, 6.07) is 7.57. The van der Waals surface area contributed by atoms with Crippen molar-refractivity contribution in [3.63, 3.8) is 0 Å². The molecule has 9 heteroatoms. The van der Waals surface area contributed by atoms with E-state index in [4.69, 9.17) is 5.73 Å². The van der Waals surface area contributed by atoms with Gasteiger partial charge >= 0.3 is 0 Å². The number of anilines is 1. The standard InChI is InChI=1S/C19H28N4O3S.ClH/c1-14-4-6-16(7-5-14)22-17(24)12-27-13-18(25)23-10-2-3-15(11-23)19(26)21-9-8-20;/h4-7,15H,2-3,8-13,20H2,1H3,(H,21,26)(H,22,24);1H. The van der Waals surface area contributed by atoms with Crippen molar-refractivity contribution in [2.24, 2.45) is 11.7 Å². The lowest BCUT2D eigenvalue weighted by molar-refractivity contribution is -0.133. The summed E-state index contributed by atoms with van der Waals surface area (Å²) in [5.74, 6) is 0.0766. The van der Waals surface area contributed by atoms with Crippen LogP contribution in [0.3, 0.4) is 0 Å². The van der Waals surface area contributed by atoms with Gasteiger partial charge in [0.1, 0.15) is 0 Å². The van der Waals surface area contributed by atoms with Gasteiger partial charge in [-0.3, -0.25) is 14.4 Å². The van der Waals surface area contributed by atoms with Crippen molar-refractivity contribution in [2.45, 2.75) is 19.8 Å². The molecule has 7 nitrogen and oxygen atoms in total. The number of nitrogens with one attached hydrogen (secondary N) is 2. The van der Waals surface area contributed by atoms with Gasteiger partial charge in [-0.05, 0) is 31.9 Å². The minimum absolute atomic E-state index is 0. The van der Waals surface area contributed by atoms with Crippen molar-refractivity contribution in [3.8, 4) is 0 Å².